The normalized spacial score (nSPS) is 9.38. The van der Waals surface area contributed by atoms with Crippen molar-refractivity contribution in [1.82, 2.24) is 0 Å². The van der Waals surface area contributed by atoms with Crippen LogP contribution in [0.3, 0.4) is 0 Å². The molecule has 0 heterocycles. The zero-order chi connectivity index (χ0) is 18.3. The molecule has 0 unspecified atom stereocenters. The molecule has 0 N–H and O–H groups in total. The summed E-state index contributed by atoms with van der Waals surface area (Å²) in [6, 6.07) is 37.0. The Hall–Kier alpha value is -2.06. The van der Waals surface area contributed by atoms with E-state index in [4.69, 9.17) is 5.63 Å². The first-order chi connectivity index (χ1) is 13.4. The Morgan fingerprint density at radius 3 is 1.03 bits per heavy atom. The number of benzene rings is 4. The maximum atomic E-state index is 5.86. The van der Waals surface area contributed by atoms with Gasteiger partial charge in [0.1, 0.15) is 0 Å². The van der Waals surface area contributed by atoms with Gasteiger partial charge >= 0.3 is 173 Å². The van der Waals surface area contributed by atoms with Crippen molar-refractivity contribution in [3.05, 3.63) is 109 Å². The molecule has 0 aliphatic carbocycles. The molecule has 0 amide bonds. The van der Waals surface area contributed by atoms with E-state index in [-0.39, 0.29) is 24.8 Å². The number of halogens is 2. The molecule has 4 aromatic carbocycles. The molecule has 0 aliphatic heterocycles. The second-order valence-corrected chi connectivity index (χ2v) is 7.48. The van der Waals surface area contributed by atoms with Crippen molar-refractivity contribution in [2.45, 2.75) is 0 Å². The first kappa shape index (κ1) is 23.2. The molecule has 0 aromatic heterocycles. The molecule has 4 aromatic rings. The summed E-state index contributed by atoms with van der Waals surface area (Å²) in [4.78, 5) is 0. The molecule has 0 aliphatic rings. The number of hydrogen-bond acceptors (Lipinski definition) is 2. The van der Waals surface area contributed by atoms with Crippen LogP contribution in [-0.2, 0) is 24.1 Å². The van der Waals surface area contributed by atoms with Gasteiger partial charge < -0.3 is 24.8 Å². The van der Waals surface area contributed by atoms with Crippen LogP contribution in [0.4, 0.5) is 0 Å². The summed E-state index contributed by atoms with van der Waals surface area (Å²) in [5.41, 5.74) is 4.79. The zero-order valence-electron chi connectivity index (χ0n) is 15.5. The van der Waals surface area contributed by atoms with Crippen LogP contribution in [0.15, 0.2) is 109 Å². The Morgan fingerprint density at radius 2 is 0.690 bits per heavy atom. The molecule has 29 heavy (non-hydrogen) atoms. The quantitative estimate of drug-likeness (QED) is 0.382. The number of rotatable bonds is 6. The summed E-state index contributed by atoms with van der Waals surface area (Å²) in [6.07, 6.45) is 0. The second-order valence-electron chi connectivity index (χ2n) is 6.07. The summed E-state index contributed by atoms with van der Waals surface area (Å²) in [5, 5.41) is 0. The van der Waals surface area contributed by atoms with Crippen molar-refractivity contribution < 1.29 is 54.6 Å². The molecule has 2 nitrogen and oxygen atoms in total. The Labute approximate surface area is 196 Å². The van der Waals surface area contributed by atoms with Gasteiger partial charge in [-0.1, -0.05) is 0 Å². The number of hydrogen-bond donors (Lipinski definition) is 0. The third-order valence-electron chi connectivity index (χ3n) is 4.24. The zero-order valence-corrected chi connectivity index (χ0v) is 19.4. The van der Waals surface area contributed by atoms with Gasteiger partial charge in [0.05, 0.1) is 0 Å². The maximum absolute atomic E-state index is 5.86. The predicted octanol–water partition coefficient (Wildman–Crippen LogP) is 0.399. The van der Waals surface area contributed by atoms with E-state index in [2.05, 4.69) is 48.5 Å². The van der Waals surface area contributed by atoms with Crippen LogP contribution in [0.2, 0.25) is 0 Å². The van der Waals surface area contributed by atoms with Gasteiger partial charge in [-0.25, -0.2) is 0 Å². The molecule has 5 heteroatoms. The van der Waals surface area contributed by atoms with Crippen molar-refractivity contribution in [2.75, 3.05) is 0 Å². The van der Waals surface area contributed by atoms with E-state index in [0.29, 0.717) is 0 Å². The molecule has 144 valence electrons. The summed E-state index contributed by atoms with van der Waals surface area (Å²) < 4.78 is 11.7. The molecule has 0 fully saturated rings. The van der Waals surface area contributed by atoms with Crippen molar-refractivity contribution in [2.24, 2.45) is 0 Å². The summed E-state index contributed by atoms with van der Waals surface area (Å²) >= 11 is -1.43. The van der Waals surface area contributed by atoms with Gasteiger partial charge in [0.25, 0.3) is 0 Å². The van der Waals surface area contributed by atoms with Gasteiger partial charge in [-0.2, -0.15) is 0 Å². The molecule has 0 saturated heterocycles. The van der Waals surface area contributed by atoms with E-state index < -0.39 is 24.1 Å². The van der Waals surface area contributed by atoms with Gasteiger partial charge in [0.2, 0.25) is 0 Å². The Morgan fingerprint density at radius 1 is 0.379 bits per heavy atom. The van der Waals surface area contributed by atoms with E-state index in [9.17, 15) is 0 Å². The van der Waals surface area contributed by atoms with Crippen LogP contribution in [0.5, 0.6) is 11.5 Å². The summed E-state index contributed by atoms with van der Waals surface area (Å²) in [6.45, 7) is 0. The molecule has 0 spiro atoms. The van der Waals surface area contributed by atoms with Gasteiger partial charge in [-0.3, -0.25) is 0 Å². The van der Waals surface area contributed by atoms with Crippen molar-refractivity contribution in [1.29, 1.82) is 0 Å². The van der Waals surface area contributed by atoms with Gasteiger partial charge in [-0.05, 0) is 0 Å². The summed E-state index contributed by atoms with van der Waals surface area (Å²) in [5.74, 6) is 1.73. The van der Waals surface area contributed by atoms with Crippen LogP contribution in [0.25, 0.3) is 22.3 Å². The molecule has 0 atom stereocenters. The third kappa shape index (κ3) is 6.47. The van der Waals surface area contributed by atoms with Crippen molar-refractivity contribution >= 4 is 0 Å². The molecule has 0 bridgehead atoms. The third-order valence-corrected chi connectivity index (χ3v) is 5.81. The predicted molar refractivity (Wildman–Crippen MR) is 105 cm³/mol. The monoisotopic (exact) mass is 498 g/mol. The van der Waals surface area contributed by atoms with E-state index >= 15 is 0 Å². The molecular formula is C24H18Cl2O2Zr. The fourth-order valence-electron chi connectivity index (χ4n) is 2.81. The topological polar surface area (TPSA) is 18.5 Å². The molecule has 0 radical (unpaired) electrons. The van der Waals surface area contributed by atoms with Crippen LogP contribution < -0.4 is 30.4 Å². The Bertz CT molecular complexity index is 894. The fraction of sp³-hybridized carbons (Fsp3) is 0. The molecular weight excluding hydrogens is 482 g/mol. The first-order valence-corrected chi connectivity index (χ1v) is 10.8. The fourth-order valence-corrected chi connectivity index (χ4v) is 4.05. The van der Waals surface area contributed by atoms with Crippen molar-refractivity contribution in [3.63, 3.8) is 0 Å². The molecule has 0 saturated carbocycles. The minimum atomic E-state index is -1.43. The van der Waals surface area contributed by atoms with Crippen LogP contribution >= 0.6 is 0 Å². The van der Waals surface area contributed by atoms with Crippen molar-refractivity contribution in [3.8, 4) is 33.8 Å². The van der Waals surface area contributed by atoms with E-state index in [1.54, 1.807) is 0 Å². The van der Waals surface area contributed by atoms with Crippen LogP contribution in [0, 0.1) is 0 Å². The molecule has 4 rings (SSSR count). The van der Waals surface area contributed by atoms with E-state index in [1.807, 2.05) is 60.7 Å². The minimum absolute atomic E-state index is 0. The SMILES string of the molecule is [Cl-].[Cl-].c1ccc(-c2ccc([O][Zr+2][O]c3ccc(-c4ccccc4)cc3)cc2)cc1. The van der Waals surface area contributed by atoms with E-state index in [0.717, 1.165) is 11.5 Å². The average molecular weight is 501 g/mol. The Kier molecular flexibility index (Phi) is 9.47. The Balaban J connectivity index is 0.00000150. The average Bonchev–Trinajstić information content (AvgIpc) is 2.76. The van der Waals surface area contributed by atoms with Gasteiger partial charge in [-0.15, -0.1) is 0 Å². The van der Waals surface area contributed by atoms with Crippen LogP contribution in [-0.4, -0.2) is 0 Å². The first-order valence-electron chi connectivity index (χ1n) is 8.78. The van der Waals surface area contributed by atoms with Gasteiger partial charge in [0, 0.05) is 0 Å². The van der Waals surface area contributed by atoms with Gasteiger partial charge in [0.15, 0.2) is 0 Å². The van der Waals surface area contributed by atoms with E-state index in [1.165, 1.54) is 22.3 Å². The second kappa shape index (κ2) is 11.8. The standard InChI is InChI=1S/2C12H10O.2ClH.Zr/c2*13-12-8-6-11(7-9-12)10-4-2-1-3-5-10;;;/h2*1-9,13H;2*1H;/q;;;;+4/p-4. The summed E-state index contributed by atoms with van der Waals surface area (Å²) in [7, 11) is 0. The van der Waals surface area contributed by atoms with Crippen LogP contribution in [0.1, 0.15) is 0 Å².